The van der Waals surface area contributed by atoms with Gasteiger partial charge in [-0.1, -0.05) is 6.92 Å². The van der Waals surface area contributed by atoms with Crippen LogP contribution in [0.2, 0.25) is 0 Å². The number of ketones is 1. The van der Waals surface area contributed by atoms with Crippen LogP contribution in [-0.4, -0.2) is 34.6 Å². The van der Waals surface area contributed by atoms with Crippen molar-refractivity contribution in [1.29, 1.82) is 0 Å². The third-order valence-corrected chi connectivity index (χ3v) is 9.45. The number of fused-ring (bicyclic) bond motifs is 3. The number of aliphatic hydroxyl groups is 1. The Morgan fingerprint density at radius 3 is 2.87 bits per heavy atom. The van der Waals surface area contributed by atoms with Crippen LogP contribution in [-0.2, 0) is 9.53 Å². The number of Topliss-reactive ketones (excluding diaryl/α,β-unsaturated/α-hetero) is 1. The van der Waals surface area contributed by atoms with Crippen LogP contribution >= 0.6 is 11.6 Å². The Kier molecular flexibility index (Phi) is 2.99. The fraction of sp³-hybridized carbons (Fsp3) is 0.947. The van der Waals surface area contributed by atoms with Gasteiger partial charge in [-0.3, -0.25) is 4.79 Å². The topological polar surface area (TPSA) is 46.5 Å². The third kappa shape index (κ3) is 1.63. The first-order valence-electron chi connectivity index (χ1n) is 9.43. The minimum Gasteiger partial charge on any atom is -0.393 e. The maximum absolute atomic E-state index is 12.5. The summed E-state index contributed by atoms with van der Waals surface area (Å²) >= 11 is 7.20. The number of hydrogen-bond donors (Lipinski definition) is 1. The Morgan fingerprint density at radius 2 is 2.04 bits per heavy atom. The molecule has 1 saturated heterocycles. The minimum absolute atomic E-state index is 0.0360. The smallest absolute Gasteiger partial charge is 0.139 e. The van der Waals surface area contributed by atoms with Gasteiger partial charge in [-0.25, -0.2) is 0 Å². The highest BCUT2D eigenvalue weighted by molar-refractivity contribution is 6.25. The maximum Gasteiger partial charge on any atom is 0.139 e. The molecule has 0 amide bonds. The van der Waals surface area contributed by atoms with E-state index in [0.29, 0.717) is 30.0 Å². The van der Waals surface area contributed by atoms with Crippen molar-refractivity contribution >= 4 is 17.4 Å². The van der Waals surface area contributed by atoms with Crippen LogP contribution < -0.4 is 0 Å². The largest absolute Gasteiger partial charge is 0.393 e. The van der Waals surface area contributed by atoms with Crippen LogP contribution in [0.1, 0.15) is 58.3 Å². The average Bonchev–Trinajstić information content (AvgIpc) is 2.88. The van der Waals surface area contributed by atoms with Gasteiger partial charge in [0.15, 0.2) is 0 Å². The fourth-order valence-electron chi connectivity index (χ4n) is 7.48. The lowest BCUT2D eigenvalue weighted by atomic mass is 9.45. The van der Waals surface area contributed by atoms with Crippen LogP contribution in [0, 0.1) is 28.6 Å². The molecular formula is C19H27ClO3. The second-order valence-electron chi connectivity index (χ2n) is 9.25. The van der Waals surface area contributed by atoms with E-state index in [2.05, 4.69) is 6.92 Å². The van der Waals surface area contributed by atoms with E-state index in [9.17, 15) is 9.90 Å². The highest BCUT2D eigenvalue weighted by atomic mass is 35.5. The van der Waals surface area contributed by atoms with Crippen LogP contribution in [0.3, 0.4) is 0 Å². The predicted molar refractivity (Wildman–Crippen MR) is 87.3 cm³/mol. The SMILES string of the molecule is C[C@]12CC[C@H]3[C@@H](C[C@H]4OC[C@@]35CC[C@H](O)C[C@]45Cl)[C@@H]1CCC2=O. The Hall–Kier alpha value is -0.120. The molecule has 1 heterocycles. The molecule has 2 bridgehead atoms. The summed E-state index contributed by atoms with van der Waals surface area (Å²) in [5, 5.41) is 10.2. The molecule has 23 heavy (non-hydrogen) atoms. The van der Waals surface area contributed by atoms with Crippen molar-refractivity contribution in [3.63, 3.8) is 0 Å². The maximum atomic E-state index is 12.5. The summed E-state index contributed by atoms with van der Waals surface area (Å²) in [7, 11) is 0. The molecule has 3 nitrogen and oxygen atoms in total. The molecule has 8 atom stereocenters. The monoisotopic (exact) mass is 338 g/mol. The average molecular weight is 339 g/mol. The van der Waals surface area contributed by atoms with E-state index < -0.39 is 0 Å². The zero-order chi connectivity index (χ0) is 16.0. The molecule has 0 aromatic heterocycles. The van der Waals surface area contributed by atoms with Crippen molar-refractivity contribution in [2.75, 3.05) is 6.61 Å². The van der Waals surface area contributed by atoms with Crippen molar-refractivity contribution in [1.82, 2.24) is 0 Å². The van der Waals surface area contributed by atoms with Gasteiger partial charge in [-0.15, -0.1) is 11.6 Å². The molecule has 0 radical (unpaired) electrons. The first-order chi connectivity index (χ1) is 10.9. The molecule has 0 aromatic rings. The van der Waals surface area contributed by atoms with Crippen molar-refractivity contribution in [2.45, 2.75) is 75.4 Å². The second kappa shape index (κ2) is 4.53. The van der Waals surface area contributed by atoms with Gasteiger partial charge < -0.3 is 9.84 Å². The molecule has 1 aliphatic heterocycles. The van der Waals surface area contributed by atoms with E-state index >= 15 is 0 Å². The second-order valence-corrected chi connectivity index (χ2v) is 9.92. The van der Waals surface area contributed by atoms with E-state index in [-0.39, 0.29) is 27.9 Å². The van der Waals surface area contributed by atoms with Crippen molar-refractivity contribution in [3.8, 4) is 0 Å². The highest BCUT2D eigenvalue weighted by Crippen LogP contribution is 2.71. The number of halogens is 1. The summed E-state index contributed by atoms with van der Waals surface area (Å²) in [6, 6.07) is 0. The predicted octanol–water partition coefficient (Wildman–Crippen LogP) is 3.31. The van der Waals surface area contributed by atoms with Crippen molar-refractivity contribution in [2.24, 2.45) is 28.6 Å². The number of ether oxygens (including phenoxy) is 1. The normalized spacial score (nSPS) is 61.0. The third-order valence-electron chi connectivity index (χ3n) is 8.68. The van der Waals surface area contributed by atoms with Crippen LogP contribution in [0.5, 0.6) is 0 Å². The van der Waals surface area contributed by atoms with Crippen LogP contribution in [0.4, 0.5) is 0 Å². The summed E-state index contributed by atoms with van der Waals surface area (Å²) in [6.07, 6.45) is 7.30. The molecule has 0 spiro atoms. The van der Waals surface area contributed by atoms with Gasteiger partial charge in [0.25, 0.3) is 0 Å². The molecule has 4 heteroatoms. The number of rotatable bonds is 0. The first-order valence-corrected chi connectivity index (χ1v) is 9.80. The van der Waals surface area contributed by atoms with Gasteiger partial charge in [0, 0.05) is 17.3 Å². The number of hydrogen-bond acceptors (Lipinski definition) is 3. The molecule has 0 aromatic carbocycles. The molecule has 5 rings (SSSR count). The number of alkyl halides is 1. The Bertz CT molecular complexity index is 565. The van der Waals surface area contributed by atoms with Gasteiger partial charge >= 0.3 is 0 Å². The zero-order valence-electron chi connectivity index (χ0n) is 13.9. The van der Waals surface area contributed by atoms with E-state index in [1.54, 1.807) is 0 Å². The van der Waals surface area contributed by atoms with Crippen LogP contribution in [0.15, 0.2) is 0 Å². The van der Waals surface area contributed by atoms with E-state index in [1.807, 2.05) is 0 Å². The number of carbonyl (C=O) groups is 1. The molecule has 128 valence electrons. The van der Waals surface area contributed by atoms with Crippen molar-refractivity contribution < 1.29 is 14.6 Å². The van der Waals surface area contributed by atoms with E-state index in [1.165, 1.54) is 0 Å². The lowest BCUT2D eigenvalue weighted by molar-refractivity contribution is -0.137. The van der Waals surface area contributed by atoms with E-state index in [4.69, 9.17) is 16.3 Å². The summed E-state index contributed by atoms with van der Waals surface area (Å²) in [5.41, 5.74) is -0.0495. The van der Waals surface area contributed by atoms with Gasteiger partial charge in [-0.05, 0) is 62.7 Å². The molecule has 0 unspecified atom stereocenters. The van der Waals surface area contributed by atoms with Crippen LogP contribution in [0.25, 0.3) is 0 Å². The van der Waals surface area contributed by atoms with Crippen molar-refractivity contribution in [3.05, 3.63) is 0 Å². The highest BCUT2D eigenvalue weighted by Gasteiger charge is 2.72. The van der Waals surface area contributed by atoms with E-state index in [0.717, 1.165) is 51.6 Å². The number of aliphatic hydroxyl groups excluding tert-OH is 1. The summed E-state index contributed by atoms with van der Waals surface area (Å²) in [5.74, 6) is 2.20. The molecule has 5 aliphatic rings. The summed E-state index contributed by atoms with van der Waals surface area (Å²) in [6.45, 7) is 2.99. The standard InChI is InChI=1S/C19H27ClO3/c1-17-6-5-14-12(13(17)2-3-15(17)22)8-16-19(20)9-11(21)4-7-18(14,19)10-23-16/h11-14,16,21H,2-10H2,1H3/t11-,12-,13-,14-,16+,17-,18-,19-/m0/s1. The molecule has 4 saturated carbocycles. The quantitative estimate of drug-likeness (QED) is 0.689. The number of carbonyl (C=O) groups excluding carboxylic acids is 1. The molecular weight excluding hydrogens is 312 g/mol. The summed E-state index contributed by atoms with van der Waals surface area (Å²) in [4.78, 5) is 12.1. The molecule has 5 fully saturated rings. The Morgan fingerprint density at radius 1 is 1.22 bits per heavy atom. The first kappa shape index (κ1) is 15.2. The Labute approximate surface area is 143 Å². The minimum atomic E-state index is -0.373. The fourth-order valence-corrected chi connectivity index (χ4v) is 8.10. The lowest BCUT2D eigenvalue weighted by Gasteiger charge is -2.61. The van der Waals surface area contributed by atoms with Gasteiger partial charge in [0.2, 0.25) is 0 Å². The Balaban J connectivity index is 1.56. The molecule has 1 N–H and O–H groups in total. The summed E-state index contributed by atoms with van der Waals surface area (Å²) < 4.78 is 6.24. The lowest BCUT2D eigenvalue weighted by Crippen LogP contribution is -2.63. The molecule has 4 aliphatic carbocycles. The van der Waals surface area contributed by atoms with Gasteiger partial charge in [-0.2, -0.15) is 0 Å². The van der Waals surface area contributed by atoms with Gasteiger partial charge in [0.05, 0.1) is 23.7 Å². The zero-order valence-corrected chi connectivity index (χ0v) is 14.6. The van der Waals surface area contributed by atoms with Gasteiger partial charge in [0.1, 0.15) is 5.78 Å².